The quantitative estimate of drug-likeness (QED) is 0.741. The Bertz CT molecular complexity index is 595. The smallest absolute Gasteiger partial charge is 0.424 e. The zero-order valence-electron chi connectivity index (χ0n) is 14.8. The number of methoxy groups -OCH3 is 1. The highest BCUT2D eigenvalue weighted by Gasteiger charge is 2.35. The molecule has 0 saturated heterocycles. The minimum absolute atomic E-state index is 0.0367. The van der Waals surface area contributed by atoms with E-state index in [9.17, 15) is 9.59 Å². The monoisotopic (exact) mass is 359 g/mol. The Morgan fingerprint density at radius 1 is 1.04 bits per heavy atom. The summed E-state index contributed by atoms with van der Waals surface area (Å²) in [7, 11) is 1.32. The van der Waals surface area contributed by atoms with Crippen LogP contribution in [-0.4, -0.2) is 40.5 Å². The second-order valence-corrected chi connectivity index (χ2v) is 7.17. The summed E-state index contributed by atoms with van der Waals surface area (Å²) in [6.45, 7) is 10.0. The van der Waals surface area contributed by atoms with Gasteiger partial charge in [-0.2, -0.15) is 9.88 Å². The van der Waals surface area contributed by atoms with Crippen LogP contribution >= 0.6 is 11.6 Å². The van der Waals surface area contributed by atoms with Gasteiger partial charge < -0.3 is 14.2 Å². The molecule has 0 aliphatic heterocycles. The number of rotatable bonds is 2. The van der Waals surface area contributed by atoms with E-state index in [1.54, 1.807) is 41.5 Å². The first kappa shape index (κ1) is 20.0. The SMILES string of the molecule is COc1nc(Cl)ncc1N(C(=O)OC(C)(C)C)C(=O)OC(C)(C)C. The minimum Gasteiger partial charge on any atom is -0.479 e. The third kappa shape index (κ3) is 5.84. The molecule has 0 aliphatic rings. The van der Waals surface area contributed by atoms with E-state index in [-0.39, 0.29) is 16.9 Å². The number of hydrogen-bond acceptors (Lipinski definition) is 7. The number of nitrogens with zero attached hydrogens (tertiary/aromatic N) is 3. The fourth-order valence-electron chi connectivity index (χ4n) is 1.53. The highest BCUT2D eigenvalue weighted by molar-refractivity contribution is 6.28. The molecule has 0 aliphatic carbocycles. The van der Waals surface area contributed by atoms with Crippen LogP contribution in [0.1, 0.15) is 41.5 Å². The molecule has 24 heavy (non-hydrogen) atoms. The first-order valence-electron chi connectivity index (χ1n) is 7.16. The molecule has 1 aromatic heterocycles. The van der Waals surface area contributed by atoms with E-state index in [0.29, 0.717) is 4.90 Å². The molecule has 9 heteroatoms. The number of halogens is 1. The standard InChI is InChI=1S/C15H22ClN3O5/c1-14(2,3)23-12(20)19(13(21)24-15(4,5)6)9-8-17-11(16)18-10(9)22-7/h8H,1-7H3. The molecular weight excluding hydrogens is 338 g/mol. The lowest BCUT2D eigenvalue weighted by atomic mass is 10.2. The lowest BCUT2D eigenvalue weighted by Gasteiger charge is -2.28. The van der Waals surface area contributed by atoms with Crippen molar-refractivity contribution in [1.82, 2.24) is 9.97 Å². The van der Waals surface area contributed by atoms with Crippen molar-refractivity contribution >= 4 is 29.5 Å². The molecule has 0 fully saturated rings. The molecule has 0 atom stereocenters. The predicted octanol–water partition coefficient (Wildman–Crippen LogP) is 3.82. The highest BCUT2D eigenvalue weighted by atomic mass is 35.5. The van der Waals surface area contributed by atoms with Crippen molar-refractivity contribution in [1.29, 1.82) is 0 Å². The van der Waals surface area contributed by atoms with Crippen molar-refractivity contribution in [2.45, 2.75) is 52.7 Å². The number of amides is 2. The minimum atomic E-state index is -0.944. The van der Waals surface area contributed by atoms with Gasteiger partial charge in [-0.3, -0.25) is 0 Å². The van der Waals surface area contributed by atoms with Crippen molar-refractivity contribution in [2.75, 3.05) is 12.0 Å². The van der Waals surface area contributed by atoms with Gasteiger partial charge in [-0.1, -0.05) is 0 Å². The number of hydrogen-bond donors (Lipinski definition) is 0. The molecule has 0 spiro atoms. The van der Waals surface area contributed by atoms with Gasteiger partial charge in [-0.25, -0.2) is 14.6 Å². The Hall–Kier alpha value is -2.09. The molecule has 134 valence electrons. The van der Waals surface area contributed by atoms with Gasteiger partial charge in [0.05, 0.1) is 13.3 Å². The van der Waals surface area contributed by atoms with E-state index < -0.39 is 23.4 Å². The molecule has 0 aromatic carbocycles. The molecule has 0 saturated carbocycles. The lowest BCUT2D eigenvalue weighted by Crippen LogP contribution is -2.44. The lowest BCUT2D eigenvalue weighted by molar-refractivity contribution is 0.0429. The Kier molecular flexibility index (Phi) is 5.99. The highest BCUT2D eigenvalue weighted by Crippen LogP contribution is 2.29. The average molecular weight is 360 g/mol. The summed E-state index contributed by atoms with van der Waals surface area (Å²) in [5, 5.41) is -0.0936. The van der Waals surface area contributed by atoms with Crippen LogP contribution in [0.15, 0.2) is 6.20 Å². The average Bonchev–Trinajstić information content (AvgIpc) is 2.36. The third-order valence-corrected chi connectivity index (χ3v) is 2.47. The van der Waals surface area contributed by atoms with E-state index in [1.807, 2.05) is 0 Å². The molecule has 1 rings (SSSR count). The summed E-state index contributed by atoms with van der Waals surface area (Å²) in [4.78, 5) is 33.3. The molecule has 8 nitrogen and oxygen atoms in total. The van der Waals surface area contributed by atoms with Crippen molar-refractivity contribution in [3.05, 3.63) is 11.5 Å². The van der Waals surface area contributed by atoms with Gasteiger partial charge in [0.15, 0.2) is 0 Å². The molecular formula is C15H22ClN3O5. The molecule has 0 N–H and O–H groups in total. The fourth-order valence-corrected chi connectivity index (χ4v) is 1.66. The maximum absolute atomic E-state index is 12.5. The number of imide groups is 1. The Labute approximate surface area is 146 Å². The van der Waals surface area contributed by atoms with Crippen LogP contribution in [0.3, 0.4) is 0 Å². The number of carbonyl (C=O) groups excluding carboxylic acids is 2. The summed E-state index contributed by atoms with van der Waals surface area (Å²) >= 11 is 5.72. The molecule has 2 amide bonds. The van der Waals surface area contributed by atoms with Crippen LogP contribution in [0.4, 0.5) is 15.3 Å². The molecule has 1 heterocycles. The first-order valence-corrected chi connectivity index (χ1v) is 7.54. The number of carbonyl (C=O) groups is 2. The number of aromatic nitrogens is 2. The molecule has 0 radical (unpaired) electrons. The van der Waals surface area contributed by atoms with E-state index >= 15 is 0 Å². The summed E-state index contributed by atoms with van der Waals surface area (Å²) < 4.78 is 15.6. The number of anilines is 1. The normalized spacial score (nSPS) is 11.7. The van der Waals surface area contributed by atoms with Gasteiger partial charge in [-0.15, -0.1) is 0 Å². The second-order valence-electron chi connectivity index (χ2n) is 6.83. The Morgan fingerprint density at radius 2 is 1.50 bits per heavy atom. The van der Waals surface area contributed by atoms with Gasteiger partial charge in [0.1, 0.15) is 16.9 Å². The van der Waals surface area contributed by atoms with E-state index in [1.165, 1.54) is 13.3 Å². The molecule has 0 unspecified atom stereocenters. The second kappa shape index (κ2) is 7.21. The van der Waals surface area contributed by atoms with Gasteiger partial charge in [0.25, 0.3) is 0 Å². The maximum atomic E-state index is 12.5. The summed E-state index contributed by atoms with van der Waals surface area (Å²) in [5.41, 5.74) is -1.68. The zero-order valence-corrected chi connectivity index (χ0v) is 15.6. The summed E-state index contributed by atoms with van der Waals surface area (Å²) in [5.74, 6) is -0.0632. The van der Waals surface area contributed by atoms with Crippen molar-refractivity contribution in [2.24, 2.45) is 0 Å². The van der Waals surface area contributed by atoms with Crippen LogP contribution in [0.5, 0.6) is 5.88 Å². The van der Waals surface area contributed by atoms with Crippen LogP contribution in [0, 0.1) is 0 Å². The van der Waals surface area contributed by atoms with E-state index in [4.69, 9.17) is 25.8 Å². The summed E-state index contributed by atoms with van der Waals surface area (Å²) in [6, 6.07) is 0. The van der Waals surface area contributed by atoms with Crippen molar-refractivity contribution < 1.29 is 23.8 Å². The van der Waals surface area contributed by atoms with Crippen LogP contribution in [0.2, 0.25) is 5.28 Å². The molecule has 0 bridgehead atoms. The Morgan fingerprint density at radius 3 is 1.88 bits per heavy atom. The van der Waals surface area contributed by atoms with Gasteiger partial charge in [-0.05, 0) is 53.1 Å². The van der Waals surface area contributed by atoms with Gasteiger partial charge in [0, 0.05) is 0 Å². The third-order valence-electron chi connectivity index (χ3n) is 2.29. The van der Waals surface area contributed by atoms with Gasteiger partial charge in [0.2, 0.25) is 11.2 Å². The summed E-state index contributed by atoms with van der Waals surface area (Å²) in [6.07, 6.45) is -0.705. The number of ether oxygens (including phenoxy) is 3. The molecule has 1 aromatic rings. The maximum Gasteiger partial charge on any atom is 0.424 e. The predicted molar refractivity (Wildman–Crippen MR) is 88.5 cm³/mol. The van der Waals surface area contributed by atoms with Crippen LogP contribution in [-0.2, 0) is 9.47 Å². The van der Waals surface area contributed by atoms with Crippen molar-refractivity contribution in [3.63, 3.8) is 0 Å². The van der Waals surface area contributed by atoms with Gasteiger partial charge >= 0.3 is 12.2 Å². The van der Waals surface area contributed by atoms with E-state index in [2.05, 4.69) is 9.97 Å². The van der Waals surface area contributed by atoms with Crippen LogP contribution < -0.4 is 9.64 Å². The zero-order chi connectivity index (χ0) is 18.7. The van der Waals surface area contributed by atoms with E-state index in [0.717, 1.165) is 0 Å². The first-order chi connectivity index (χ1) is 10.8. The topological polar surface area (TPSA) is 90.9 Å². The van der Waals surface area contributed by atoms with Crippen molar-refractivity contribution in [3.8, 4) is 5.88 Å². The van der Waals surface area contributed by atoms with Crippen LogP contribution in [0.25, 0.3) is 0 Å². The Balaban J connectivity index is 3.33. The fraction of sp³-hybridized carbons (Fsp3) is 0.600. The largest absolute Gasteiger partial charge is 0.479 e.